The molecule has 1 amide bonds. The zero-order chi connectivity index (χ0) is 14.5. The third-order valence-electron chi connectivity index (χ3n) is 3.04. The Kier molecular flexibility index (Phi) is 4.53. The third kappa shape index (κ3) is 2.88. The summed E-state index contributed by atoms with van der Waals surface area (Å²) < 4.78 is 6.88. The summed E-state index contributed by atoms with van der Waals surface area (Å²) in [7, 11) is 1.50. The van der Waals surface area contributed by atoms with Gasteiger partial charge in [0.1, 0.15) is 12.4 Å². The van der Waals surface area contributed by atoms with Gasteiger partial charge in [0.15, 0.2) is 0 Å². The van der Waals surface area contributed by atoms with Crippen LogP contribution < -0.4 is 5.32 Å². The fraction of sp³-hybridized carbons (Fsp3) is 0.333. The number of hydrogen-bond donors (Lipinski definition) is 1. The van der Waals surface area contributed by atoms with Crippen molar-refractivity contribution in [2.75, 3.05) is 13.7 Å². The molecular weight excluding hydrogens is 254 g/mol. The first-order valence-corrected chi connectivity index (χ1v) is 6.51. The Labute approximate surface area is 118 Å². The van der Waals surface area contributed by atoms with Gasteiger partial charge in [-0.2, -0.15) is 0 Å². The van der Waals surface area contributed by atoms with E-state index in [-0.39, 0.29) is 18.6 Å². The molecule has 20 heavy (non-hydrogen) atoms. The molecule has 2 aromatic rings. The van der Waals surface area contributed by atoms with E-state index in [1.54, 1.807) is 0 Å². The van der Waals surface area contributed by atoms with Crippen LogP contribution in [-0.4, -0.2) is 29.2 Å². The van der Waals surface area contributed by atoms with Crippen molar-refractivity contribution in [2.45, 2.75) is 19.5 Å². The van der Waals surface area contributed by atoms with Gasteiger partial charge in [0, 0.05) is 13.7 Å². The number of methoxy groups -OCH3 is 1. The Hall–Kier alpha value is -2.14. The molecule has 1 heterocycles. The number of para-hydroxylation sites is 2. The van der Waals surface area contributed by atoms with Crippen LogP contribution >= 0.6 is 0 Å². The van der Waals surface area contributed by atoms with Gasteiger partial charge in [-0.05, 0) is 19.1 Å². The first-order chi connectivity index (χ1) is 9.67. The van der Waals surface area contributed by atoms with Crippen molar-refractivity contribution in [3.8, 4) is 0 Å². The van der Waals surface area contributed by atoms with Crippen LogP contribution in [0.2, 0.25) is 0 Å². The van der Waals surface area contributed by atoms with Crippen LogP contribution in [0.1, 0.15) is 18.8 Å². The predicted molar refractivity (Wildman–Crippen MR) is 78.4 cm³/mol. The molecule has 1 atom stereocenters. The number of amides is 1. The molecule has 0 aliphatic heterocycles. The fourth-order valence-corrected chi connectivity index (χ4v) is 2.22. The summed E-state index contributed by atoms with van der Waals surface area (Å²) in [5, 5.41) is 2.88. The number of rotatable bonds is 6. The van der Waals surface area contributed by atoms with Crippen molar-refractivity contribution in [3.63, 3.8) is 0 Å². The van der Waals surface area contributed by atoms with Crippen molar-refractivity contribution in [1.82, 2.24) is 14.9 Å². The highest BCUT2D eigenvalue weighted by atomic mass is 16.5. The molecule has 0 saturated heterocycles. The molecule has 2 rings (SSSR count). The van der Waals surface area contributed by atoms with Crippen molar-refractivity contribution < 1.29 is 9.53 Å². The van der Waals surface area contributed by atoms with Crippen LogP contribution in [0.15, 0.2) is 36.9 Å². The lowest BCUT2D eigenvalue weighted by atomic mass is 10.3. The van der Waals surface area contributed by atoms with Gasteiger partial charge in [0.25, 0.3) is 0 Å². The number of aromatic nitrogens is 2. The average Bonchev–Trinajstić information content (AvgIpc) is 2.79. The minimum atomic E-state index is -0.190. The number of allylic oxidation sites excluding steroid dienone is 1. The van der Waals surface area contributed by atoms with Crippen LogP contribution in [-0.2, 0) is 16.1 Å². The average molecular weight is 273 g/mol. The zero-order valence-electron chi connectivity index (χ0n) is 11.8. The number of hydrogen-bond acceptors (Lipinski definition) is 3. The summed E-state index contributed by atoms with van der Waals surface area (Å²) in [5.41, 5.74) is 1.95. The maximum Gasteiger partial charge on any atom is 0.246 e. The molecule has 5 heteroatoms. The molecule has 1 aromatic heterocycles. The van der Waals surface area contributed by atoms with Crippen LogP contribution in [0.5, 0.6) is 0 Å². The number of nitrogens with zero attached hydrogens (tertiary/aromatic N) is 2. The van der Waals surface area contributed by atoms with Crippen LogP contribution in [0.25, 0.3) is 11.0 Å². The lowest BCUT2D eigenvalue weighted by Gasteiger charge is -2.15. The Morgan fingerprint density at radius 2 is 2.30 bits per heavy atom. The Morgan fingerprint density at radius 1 is 1.55 bits per heavy atom. The minimum absolute atomic E-state index is 0.0476. The summed E-state index contributed by atoms with van der Waals surface area (Å²) in [5.74, 6) is 0.660. The van der Waals surface area contributed by atoms with Crippen molar-refractivity contribution in [3.05, 3.63) is 42.7 Å². The summed E-state index contributed by atoms with van der Waals surface area (Å²) in [4.78, 5) is 16.2. The summed E-state index contributed by atoms with van der Waals surface area (Å²) in [6.07, 6.45) is 1.82. The Balaban J connectivity index is 2.34. The largest absolute Gasteiger partial charge is 0.375 e. The molecule has 0 unspecified atom stereocenters. The Morgan fingerprint density at radius 3 is 3.00 bits per heavy atom. The molecule has 0 aliphatic carbocycles. The molecular formula is C15H19N3O2. The van der Waals surface area contributed by atoms with Gasteiger partial charge in [-0.1, -0.05) is 18.2 Å². The van der Waals surface area contributed by atoms with Gasteiger partial charge in [-0.15, -0.1) is 6.58 Å². The monoisotopic (exact) mass is 273 g/mol. The molecule has 0 radical (unpaired) electrons. The molecule has 0 aliphatic rings. The summed E-state index contributed by atoms with van der Waals surface area (Å²) in [6.45, 7) is 6.39. The van der Waals surface area contributed by atoms with Crippen molar-refractivity contribution in [1.29, 1.82) is 0 Å². The third-order valence-corrected chi connectivity index (χ3v) is 3.04. The van der Waals surface area contributed by atoms with Gasteiger partial charge in [-0.25, -0.2) is 4.98 Å². The second kappa shape index (κ2) is 6.34. The molecule has 5 nitrogen and oxygen atoms in total. The summed E-state index contributed by atoms with van der Waals surface area (Å²) >= 11 is 0. The van der Waals surface area contributed by atoms with Crippen LogP contribution in [0.3, 0.4) is 0 Å². The fourth-order valence-electron chi connectivity index (χ4n) is 2.22. The lowest BCUT2D eigenvalue weighted by molar-refractivity contribution is -0.125. The highest BCUT2D eigenvalue weighted by Crippen LogP contribution is 2.20. The highest BCUT2D eigenvalue weighted by molar-refractivity contribution is 5.78. The van der Waals surface area contributed by atoms with Gasteiger partial charge >= 0.3 is 0 Å². The zero-order valence-corrected chi connectivity index (χ0v) is 11.8. The number of carbonyl (C=O) groups is 1. The van der Waals surface area contributed by atoms with E-state index in [1.807, 2.05) is 37.3 Å². The number of benzene rings is 1. The number of imidazole rings is 1. The minimum Gasteiger partial charge on any atom is -0.375 e. The quantitative estimate of drug-likeness (QED) is 0.819. The maximum absolute atomic E-state index is 11.6. The molecule has 0 fully saturated rings. The van der Waals surface area contributed by atoms with Crippen LogP contribution in [0, 0.1) is 0 Å². The van der Waals surface area contributed by atoms with E-state index in [9.17, 15) is 4.79 Å². The molecule has 1 aromatic carbocycles. The van der Waals surface area contributed by atoms with Crippen molar-refractivity contribution >= 4 is 16.9 Å². The van der Waals surface area contributed by atoms with E-state index in [2.05, 4.69) is 21.4 Å². The second-order valence-electron chi connectivity index (χ2n) is 4.58. The van der Waals surface area contributed by atoms with Gasteiger partial charge < -0.3 is 14.6 Å². The number of ether oxygens (including phenoxy) is 1. The molecule has 0 spiro atoms. The SMILES string of the molecule is C=CCn1c([C@@H](C)NC(=O)COC)nc2ccccc21. The normalized spacial score (nSPS) is 12.3. The van der Waals surface area contributed by atoms with Gasteiger partial charge in [0.2, 0.25) is 5.91 Å². The predicted octanol–water partition coefficient (Wildman–Crippen LogP) is 2.05. The topological polar surface area (TPSA) is 56.2 Å². The number of fused-ring (bicyclic) bond motifs is 1. The van der Waals surface area contributed by atoms with E-state index in [0.29, 0.717) is 6.54 Å². The first kappa shape index (κ1) is 14.3. The first-order valence-electron chi connectivity index (χ1n) is 6.51. The number of carbonyl (C=O) groups excluding carboxylic acids is 1. The standard InChI is InChI=1S/C15H19N3O2/c1-4-9-18-13-8-6-5-7-12(13)17-15(18)11(2)16-14(19)10-20-3/h4-8,11H,1,9-10H2,2-3H3,(H,16,19)/t11-/m1/s1. The maximum atomic E-state index is 11.6. The molecule has 0 saturated carbocycles. The molecule has 106 valence electrons. The van der Waals surface area contributed by atoms with E-state index in [4.69, 9.17) is 4.74 Å². The van der Waals surface area contributed by atoms with Gasteiger partial charge in [0.05, 0.1) is 17.1 Å². The van der Waals surface area contributed by atoms with E-state index in [1.165, 1.54) is 7.11 Å². The smallest absolute Gasteiger partial charge is 0.246 e. The van der Waals surface area contributed by atoms with Crippen molar-refractivity contribution in [2.24, 2.45) is 0 Å². The van der Waals surface area contributed by atoms with Gasteiger partial charge in [-0.3, -0.25) is 4.79 Å². The lowest BCUT2D eigenvalue weighted by Crippen LogP contribution is -2.31. The molecule has 1 N–H and O–H groups in total. The van der Waals surface area contributed by atoms with E-state index >= 15 is 0 Å². The second-order valence-corrected chi connectivity index (χ2v) is 4.58. The highest BCUT2D eigenvalue weighted by Gasteiger charge is 2.17. The Bertz CT molecular complexity index is 619. The van der Waals surface area contributed by atoms with E-state index in [0.717, 1.165) is 16.9 Å². The number of nitrogens with one attached hydrogen (secondary N) is 1. The summed E-state index contributed by atoms with van der Waals surface area (Å²) in [6, 6.07) is 7.71. The molecule has 0 bridgehead atoms. The van der Waals surface area contributed by atoms with Crippen LogP contribution in [0.4, 0.5) is 0 Å². The van der Waals surface area contributed by atoms with E-state index < -0.39 is 0 Å².